The summed E-state index contributed by atoms with van der Waals surface area (Å²) < 4.78 is 14.1. The number of carbonyl (C=O) groups excluding carboxylic acids is 2. The van der Waals surface area contributed by atoms with Gasteiger partial charge in [-0.2, -0.15) is 0 Å². The number of hydrogen-bond acceptors (Lipinski definition) is 5. The fraction of sp³-hybridized carbons (Fsp3) is 0.333. The first-order valence-corrected chi connectivity index (χ1v) is 16.2. The van der Waals surface area contributed by atoms with Crippen LogP contribution in [0.3, 0.4) is 0 Å². The van der Waals surface area contributed by atoms with Gasteiger partial charge in [0, 0.05) is 49.7 Å². The average Bonchev–Trinajstić information content (AvgIpc) is 3.64. The van der Waals surface area contributed by atoms with E-state index in [9.17, 15) is 14.7 Å². The average molecular weight is 638 g/mol. The van der Waals surface area contributed by atoms with E-state index >= 15 is 0 Å². The van der Waals surface area contributed by atoms with Crippen molar-refractivity contribution in [3.8, 4) is 0 Å². The van der Waals surface area contributed by atoms with Gasteiger partial charge in [0.15, 0.2) is 0 Å². The van der Waals surface area contributed by atoms with Gasteiger partial charge in [-0.25, -0.2) is 9.59 Å². The molecule has 0 amide bonds. The van der Waals surface area contributed by atoms with Gasteiger partial charge in [0.05, 0.1) is 25.2 Å². The summed E-state index contributed by atoms with van der Waals surface area (Å²) in [5, 5.41) is 12.3. The van der Waals surface area contributed by atoms with Crippen molar-refractivity contribution in [2.75, 3.05) is 13.1 Å². The van der Waals surface area contributed by atoms with E-state index in [-0.39, 0.29) is 18.5 Å². The Bertz CT molecular complexity index is 1530. The molecule has 3 fully saturated rings. The quantitative estimate of drug-likeness (QED) is 0.237. The highest BCUT2D eigenvalue weighted by Gasteiger charge is 2.58. The summed E-state index contributed by atoms with van der Waals surface area (Å²) in [6.45, 7) is 2.45. The lowest BCUT2D eigenvalue weighted by Crippen LogP contribution is -3.00. The molecule has 3 atom stereocenters. The van der Waals surface area contributed by atoms with Gasteiger partial charge in [-0.3, -0.25) is 0 Å². The first-order chi connectivity index (χ1) is 22.0. The highest BCUT2D eigenvalue weighted by molar-refractivity contribution is 5.92. The van der Waals surface area contributed by atoms with Crippen LogP contribution in [-0.4, -0.2) is 52.8 Å². The molecule has 1 spiro atoms. The lowest BCUT2D eigenvalue weighted by molar-refractivity contribution is -0.956. The summed E-state index contributed by atoms with van der Waals surface area (Å²) in [6.07, 6.45) is 6.22. The number of nitrogens with zero attached hydrogens (tertiary/aromatic N) is 1. The number of ether oxygens (including phenoxy) is 2. The predicted octanol–water partition coefficient (Wildman–Crippen LogP) is 3.26. The molecule has 46 heavy (non-hydrogen) atoms. The van der Waals surface area contributed by atoms with Crippen LogP contribution in [0.4, 0.5) is 0 Å². The molecule has 0 unspecified atom stereocenters. The van der Waals surface area contributed by atoms with Crippen LogP contribution in [0.2, 0.25) is 0 Å². The molecule has 4 aromatic rings. The van der Waals surface area contributed by atoms with Crippen molar-refractivity contribution in [3.63, 3.8) is 0 Å². The van der Waals surface area contributed by atoms with E-state index in [2.05, 4.69) is 0 Å². The van der Waals surface area contributed by atoms with Crippen LogP contribution < -0.4 is 12.4 Å². The fourth-order valence-electron chi connectivity index (χ4n) is 8.42. The normalized spacial score (nSPS) is 21.7. The third-order valence-corrected chi connectivity index (χ3v) is 10.6. The largest absolute Gasteiger partial charge is 1.00 e. The van der Waals surface area contributed by atoms with E-state index in [0.29, 0.717) is 34.3 Å². The van der Waals surface area contributed by atoms with Gasteiger partial charge < -0.3 is 31.5 Å². The Morgan fingerprint density at radius 2 is 1.00 bits per heavy atom. The maximum absolute atomic E-state index is 14.8. The summed E-state index contributed by atoms with van der Waals surface area (Å²) in [5.74, 6) is -1.61. The van der Waals surface area contributed by atoms with Crippen molar-refractivity contribution < 1.29 is 41.1 Å². The molecule has 3 saturated heterocycles. The van der Waals surface area contributed by atoms with Crippen LogP contribution in [-0.2, 0) is 30.3 Å². The molecule has 3 aliphatic heterocycles. The van der Waals surface area contributed by atoms with E-state index in [4.69, 9.17) is 9.47 Å². The Morgan fingerprint density at radius 3 is 1.41 bits per heavy atom. The summed E-state index contributed by atoms with van der Waals surface area (Å²) in [7, 11) is 0. The van der Waals surface area contributed by atoms with Gasteiger partial charge in [0.25, 0.3) is 5.60 Å². The van der Waals surface area contributed by atoms with Gasteiger partial charge in [0.1, 0.15) is 6.10 Å². The number of piperidine rings is 1. The second kappa shape index (κ2) is 13.0. The summed E-state index contributed by atoms with van der Waals surface area (Å²) in [4.78, 5) is 29.5. The number of hydrogen-bond donors (Lipinski definition) is 1. The van der Waals surface area contributed by atoms with Crippen molar-refractivity contribution in [1.29, 1.82) is 0 Å². The number of halogens is 1. The molecule has 6 nitrogen and oxygen atoms in total. The SMILES string of the molecule is O=C(OC(C(=O)O[C@H]1C[C@H]2CC[C@@H](C1)[N+]21CCCC1)(c1ccccc1)c1ccccc1)C(O)(c1ccccc1)c1ccccc1.[Cl-]. The number of esters is 2. The Kier molecular flexibility index (Phi) is 9.06. The summed E-state index contributed by atoms with van der Waals surface area (Å²) in [6, 6.07) is 36.5. The molecular weight excluding hydrogens is 598 g/mol. The van der Waals surface area contributed by atoms with Crippen LogP contribution >= 0.6 is 0 Å². The third-order valence-electron chi connectivity index (χ3n) is 10.6. The lowest BCUT2D eigenvalue weighted by atomic mass is 9.83. The van der Waals surface area contributed by atoms with Crippen molar-refractivity contribution >= 4 is 11.9 Å². The van der Waals surface area contributed by atoms with Crippen molar-refractivity contribution in [3.05, 3.63) is 144 Å². The molecule has 1 N–H and O–H groups in total. The van der Waals surface area contributed by atoms with Crippen molar-refractivity contribution in [2.24, 2.45) is 0 Å². The molecule has 238 valence electrons. The highest BCUT2D eigenvalue weighted by atomic mass is 35.5. The van der Waals surface area contributed by atoms with Gasteiger partial charge in [-0.1, -0.05) is 121 Å². The Labute approximate surface area is 277 Å². The molecule has 0 radical (unpaired) electrons. The minimum atomic E-state index is -2.19. The first kappa shape index (κ1) is 32.0. The highest BCUT2D eigenvalue weighted by Crippen LogP contribution is 2.47. The minimum Gasteiger partial charge on any atom is -1.00 e. The zero-order valence-corrected chi connectivity index (χ0v) is 26.6. The number of rotatable bonds is 8. The molecule has 0 saturated carbocycles. The summed E-state index contributed by atoms with van der Waals surface area (Å²) in [5.41, 5.74) is -2.54. The van der Waals surface area contributed by atoms with Crippen LogP contribution in [0.5, 0.6) is 0 Å². The molecular formula is C39H40ClNO5. The van der Waals surface area contributed by atoms with Crippen molar-refractivity contribution in [1.82, 2.24) is 0 Å². The second-order valence-corrected chi connectivity index (χ2v) is 12.9. The summed E-state index contributed by atoms with van der Waals surface area (Å²) >= 11 is 0. The molecule has 7 rings (SSSR count). The smallest absolute Gasteiger partial charge is 0.360 e. The molecule has 2 bridgehead atoms. The monoisotopic (exact) mass is 637 g/mol. The van der Waals surface area contributed by atoms with E-state index in [1.807, 2.05) is 48.5 Å². The van der Waals surface area contributed by atoms with Gasteiger partial charge in [0.2, 0.25) is 5.60 Å². The van der Waals surface area contributed by atoms with Crippen LogP contribution in [0, 0.1) is 0 Å². The van der Waals surface area contributed by atoms with E-state index in [1.54, 1.807) is 72.8 Å². The number of benzene rings is 4. The third kappa shape index (κ3) is 5.32. The first-order valence-electron chi connectivity index (χ1n) is 16.2. The molecule has 3 aliphatic rings. The Hall–Kier alpha value is -3.97. The van der Waals surface area contributed by atoms with Gasteiger partial charge in [-0.05, 0) is 11.1 Å². The maximum Gasteiger partial charge on any atom is 0.360 e. The minimum absolute atomic E-state index is 0. The maximum atomic E-state index is 14.8. The van der Waals surface area contributed by atoms with Crippen LogP contribution in [0.1, 0.15) is 60.8 Å². The zero-order chi connectivity index (χ0) is 30.9. The number of aliphatic hydroxyl groups is 1. The van der Waals surface area contributed by atoms with Crippen LogP contribution in [0.15, 0.2) is 121 Å². The topological polar surface area (TPSA) is 72.8 Å². The van der Waals surface area contributed by atoms with Gasteiger partial charge in [-0.15, -0.1) is 0 Å². The predicted molar refractivity (Wildman–Crippen MR) is 171 cm³/mol. The molecule has 3 heterocycles. The molecule has 4 aromatic carbocycles. The zero-order valence-electron chi connectivity index (χ0n) is 25.8. The molecule has 7 heteroatoms. The number of carbonyl (C=O) groups is 2. The van der Waals surface area contributed by atoms with Crippen molar-refractivity contribution in [2.45, 2.75) is 67.9 Å². The van der Waals surface area contributed by atoms with E-state index in [1.165, 1.54) is 30.4 Å². The fourth-order valence-corrected chi connectivity index (χ4v) is 8.42. The molecule has 0 aliphatic carbocycles. The second-order valence-electron chi connectivity index (χ2n) is 12.9. The number of quaternary nitrogens is 1. The lowest BCUT2D eigenvalue weighted by Gasteiger charge is -2.47. The van der Waals surface area contributed by atoms with E-state index < -0.39 is 23.1 Å². The Morgan fingerprint density at radius 1 is 0.609 bits per heavy atom. The standard InChI is InChI=1S/C39H40NO5.ClH/c41-36(38(43,29-15-5-1-6-16-29)30-17-7-2-8-18-30)45-39(31-19-9-3-10-20-31,32-21-11-4-12-22-32)37(42)44-35-27-33-23-24-34(28-35)40(33)25-13-14-26-40;/h1-12,15-22,33-35,43H,13-14,23-28H2;1H/q+1;/p-1/t33-,34+,35+;. The van der Waals surface area contributed by atoms with Gasteiger partial charge >= 0.3 is 11.9 Å². The van der Waals surface area contributed by atoms with E-state index in [0.717, 1.165) is 25.7 Å². The Balaban J connectivity index is 0.00000372. The molecule has 0 aromatic heterocycles. The van der Waals surface area contributed by atoms with Crippen LogP contribution in [0.25, 0.3) is 0 Å².